The third-order valence-corrected chi connectivity index (χ3v) is 6.58. The molecule has 1 amide bonds. The van der Waals surface area contributed by atoms with Crippen LogP contribution < -0.4 is 10.6 Å². The average molecular weight is 487 g/mol. The molecule has 1 aliphatic heterocycles. The van der Waals surface area contributed by atoms with Crippen molar-refractivity contribution < 1.29 is 13.9 Å². The molecule has 34 heavy (non-hydrogen) atoms. The number of carbonyl (C=O) groups is 1. The van der Waals surface area contributed by atoms with Crippen molar-refractivity contribution in [2.45, 2.75) is 45.1 Å². The normalized spacial score (nSPS) is 15.2. The molecule has 8 nitrogen and oxygen atoms in total. The zero-order valence-electron chi connectivity index (χ0n) is 19.3. The van der Waals surface area contributed by atoms with Gasteiger partial charge < -0.3 is 15.4 Å². The van der Waals surface area contributed by atoms with Crippen LogP contribution >= 0.6 is 11.6 Å². The Morgan fingerprint density at radius 3 is 2.76 bits per heavy atom. The van der Waals surface area contributed by atoms with Crippen molar-refractivity contribution in [3.63, 3.8) is 0 Å². The first-order valence-corrected chi connectivity index (χ1v) is 11.6. The van der Waals surface area contributed by atoms with Gasteiger partial charge in [0.25, 0.3) is 5.91 Å². The first-order chi connectivity index (χ1) is 16.3. The van der Waals surface area contributed by atoms with Crippen LogP contribution in [0.25, 0.3) is 0 Å². The number of anilines is 1. The van der Waals surface area contributed by atoms with E-state index >= 15 is 0 Å². The summed E-state index contributed by atoms with van der Waals surface area (Å²) in [6, 6.07) is 4.33. The Kier molecular flexibility index (Phi) is 7.43. The van der Waals surface area contributed by atoms with Gasteiger partial charge in [0, 0.05) is 47.8 Å². The maximum absolute atomic E-state index is 13.5. The van der Waals surface area contributed by atoms with Gasteiger partial charge >= 0.3 is 0 Å². The molecule has 2 aromatic heterocycles. The minimum absolute atomic E-state index is 0.102. The van der Waals surface area contributed by atoms with E-state index in [4.69, 9.17) is 16.3 Å². The lowest BCUT2D eigenvalue weighted by Gasteiger charge is -2.38. The van der Waals surface area contributed by atoms with Crippen molar-refractivity contribution in [3.05, 3.63) is 69.6 Å². The second kappa shape index (κ2) is 10.5. The van der Waals surface area contributed by atoms with Crippen LogP contribution in [0.3, 0.4) is 0 Å². The minimum atomic E-state index is -0.589. The highest BCUT2D eigenvalue weighted by Crippen LogP contribution is 2.29. The molecule has 0 aliphatic carbocycles. The molecule has 1 aromatic carbocycles. The van der Waals surface area contributed by atoms with Crippen molar-refractivity contribution in [2.24, 2.45) is 0 Å². The number of hydrogen-bond acceptors (Lipinski definition) is 6. The zero-order valence-corrected chi connectivity index (χ0v) is 20.0. The SMILES string of the molecule is Cc1nc(C(=O)NC2(Cc3ccc(F)cc3Cl)CCOCC2)nc(NCCc2cn[nH]c2)c1C. The number of nitrogens with one attached hydrogen (secondary N) is 3. The number of carbonyl (C=O) groups excluding carboxylic acids is 1. The molecule has 0 saturated carbocycles. The summed E-state index contributed by atoms with van der Waals surface area (Å²) in [5.41, 5.74) is 2.88. The number of halogens is 2. The summed E-state index contributed by atoms with van der Waals surface area (Å²) in [5, 5.41) is 13.5. The van der Waals surface area contributed by atoms with Crippen LogP contribution in [0.5, 0.6) is 0 Å². The Morgan fingerprint density at radius 2 is 2.06 bits per heavy atom. The number of rotatable bonds is 8. The molecule has 1 aliphatic rings. The van der Waals surface area contributed by atoms with E-state index in [9.17, 15) is 9.18 Å². The molecular weight excluding hydrogens is 459 g/mol. The topological polar surface area (TPSA) is 105 Å². The number of H-pyrrole nitrogens is 1. The molecule has 3 aromatic rings. The van der Waals surface area contributed by atoms with Gasteiger partial charge in [0.15, 0.2) is 0 Å². The van der Waals surface area contributed by atoms with Gasteiger partial charge in [-0.25, -0.2) is 14.4 Å². The van der Waals surface area contributed by atoms with Gasteiger partial charge in [-0.15, -0.1) is 0 Å². The van der Waals surface area contributed by atoms with Gasteiger partial charge in [-0.2, -0.15) is 5.10 Å². The number of hydrogen-bond donors (Lipinski definition) is 3. The van der Waals surface area contributed by atoms with Gasteiger partial charge in [0.05, 0.1) is 6.20 Å². The fourth-order valence-corrected chi connectivity index (χ4v) is 4.31. The van der Waals surface area contributed by atoms with Crippen molar-refractivity contribution in [2.75, 3.05) is 25.1 Å². The highest BCUT2D eigenvalue weighted by atomic mass is 35.5. The number of benzene rings is 1. The molecular formula is C24H28ClFN6O2. The third kappa shape index (κ3) is 5.71. The molecule has 1 fully saturated rings. The average Bonchev–Trinajstić information content (AvgIpc) is 3.32. The number of nitrogens with zero attached hydrogens (tertiary/aromatic N) is 3. The standard InChI is InChI=1S/C24H28ClFN6O2/c1-15-16(2)30-22(31-21(15)27-8-5-17-13-28-29-14-17)23(33)32-24(6-9-34-10-7-24)12-18-3-4-19(26)11-20(18)25/h3-4,11,13-14H,5-10,12H2,1-2H3,(H,28,29)(H,32,33)(H,27,30,31). The second-order valence-electron chi connectivity index (χ2n) is 8.65. The summed E-state index contributed by atoms with van der Waals surface area (Å²) in [7, 11) is 0. The lowest BCUT2D eigenvalue weighted by Crippen LogP contribution is -2.54. The van der Waals surface area contributed by atoms with E-state index in [0.717, 1.165) is 28.8 Å². The van der Waals surface area contributed by atoms with E-state index in [0.29, 0.717) is 49.9 Å². The van der Waals surface area contributed by atoms with Crippen LogP contribution in [0.1, 0.15) is 45.8 Å². The second-order valence-corrected chi connectivity index (χ2v) is 9.06. The summed E-state index contributed by atoms with van der Waals surface area (Å²) < 4.78 is 19.1. The number of aromatic nitrogens is 4. The van der Waals surface area contributed by atoms with Gasteiger partial charge in [-0.3, -0.25) is 9.89 Å². The molecule has 10 heteroatoms. The van der Waals surface area contributed by atoms with Crippen LogP contribution in [0.2, 0.25) is 5.02 Å². The summed E-state index contributed by atoms with van der Waals surface area (Å²) in [4.78, 5) is 22.3. The van der Waals surface area contributed by atoms with Gasteiger partial charge in [0.1, 0.15) is 11.6 Å². The molecule has 4 rings (SSSR count). The van der Waals surface area contributed by atoms with Crippen molar-refractivity contribution in [1.82, 2.24) is 25.5 Å². The predicted molar refractivity (Wildman–Crippen MR) is 128 cm³/mol. The Balaban J connectivity index is 1.52. The van der Waals surface area contributed by atoms with Gasteiger partial charge in [0.2, 0.25) is 5.82 Å². The minimum Gasteiger partial charge on any atom is -0.381 e. The first-order valence-electron chi connectivity index (χ1n) is 11.3. The van der Waals surface area contributed by atoms with E-state index in [-0.39, 0.29) is 11.7 Å². The Morgan fingerprint density at radius 1 is 1.26 bits per heavy atom. The van der Waals surface area contributed by atoms with E-state index in [2.05, 4.69) is 30.8 Å². The molecule has 0 unspecified atom stereocenters. The first kappa shape index (κ1) is 24.1. The maximum Gasteiger partial charge on any atom is 0.289 e. The summed E-state index contributed by atoms with van der Waals surface area (Å²) in [6.07, 6.45) is 6.06. The molecule has 0 radical (unpaired) electrons. The van der Waals surface area contributed by atoms with E-state index in [1.807, 2.05) is 20.0 Å². The number of amides is 1. The monoisotopic (exact) mass is 486 g/mol. The van der Waals surface area contributed by atoms with Gasteiger partial charge in [-0.05, 0) is 62.8 Å². The maximum atomic E-state index is 13.5. The largest absolute Gasteiger partial charge is 0.381 e. The highest BCUT2D eigenvalue weighted by Gasteiger charge is 2.36. The summed E-state index contributed by atoms with van der Waals surface area (Å²) in [6.45, 7) is 5.44. The Labute approximate surface area is 202 Å². The van der Waals surface area contributed by atoms with Crippen molar-refractivity contribution in [1.29, 1.82) is 0 Å². The molecule has 180 valence electrons. The predicted octanol–water partition coefficient (Wildman–Crippen LogP) is 3.79. The molecule has 3 heterocycles. The fraction of sp³-hybridized carbons (Fsp3) is 0.417. The Bertz CT molecular complexity index is 1150. The quantitative estimate of drug-likeness (QED) is 0.447. The molecule has 1 saturated heterocycles. The van der Waals surface area contributed by atoms with Crippen LogP contribution in [0.4, 0.5) is 10.2 Å². The van der Waals surface area contributed by atoms with E-state index < -0.39 is 11.4 Å². The molecule has 3 N–H and O–H groups in total. The van der Waals surface area contributed by atoms with E-state index in [1.165, 1.54) is 12.1 Å². The molecule has 0 bridgehead atoms. The zero-order chi connectivity index (χ0) is 24.1. The number of aryl methyl sites for hydroxylation is 1. The van der Waals surface area contributed by atoms with Crippen molar-refractivity contribution >= 4 is 23.3 Å². The lowest BCUT2D eigenvalue weighted by atomic mass is 9.83. The summed E-state index contributed by atoms with van der Waals surface area (Å²) >= 11 is 6.29. The third-order valence-electron chi connectivity index (χ3n) is 6.23. The van der Waals surface area contributed by atoms with Crippen molar-refractivity contribution in [3.8, 4) is 0 Å². The van der Waals surface area contributed by atoms with Gasteiger partial charge in [-0.1, -0.05) is 17.7 Å². The van der Waals surface area contributed by atoms with Crippen LogP contribution in [-0.2, 0) is 17.6 Å². The number of aromatic amines is 1. The van der Waals surface area contributed by atoms with E-state index in [1.54, 1.807) is 12.3 Å². The smallest absolute Gasteiger partial charge is 0.289 e. The molecule has 0 atom stereocenters. The highest BCUT2D eigenvalue weighted by molar-refractivity contribution is 6.31. The lowest BCUT2D eigenvalue weighted by molar-refractivity contribution is 0.0356. The van der Waals surface area contributed by atoms with Crippen LogP contribution in [0, 0.1) is 19.7 Å². The van der Waals surface area contributed by atoms with Crippen LogP contribution in [-0.4, -0.2) is 51.4 Å². The summed E-state index contributed by atoms with van der Waals surface area (Å²) in [5.74, 6) is -0.0232. The number of ether oxygens (including phenoxy) is 1. The molecule has 0 spiro atoms. The Hall–Kier alpha value is -3.04. The fourth-order valence-electron chi connectivity index (χ4n) is 4.08. The van der Waals surface area contributed by atoms with Crippen LogP contribution in [0.15, 0.2) is 30.6 Å².